The molecule has 4 rings (SSSR count). The second-order valence-corrected chi connectivity index (χ2v) is 11.0. The molecule has 14 heteroatoms. The number of amides is 4. The van der Waals surface area contributed by atoms with Crippen LogP contribution in [-0.2, 0) is 33.3 Å². The molecule has 0 aromatic heterocycles. The van der Waals surface area contributed by atoms with Gasteiger partial charge in [0.25, 0.3) is 11.8 Å². The Morgan fingerprint density at radius 3 is 2.08 bits per heavy atom. The fraction of sp³-hybridized carbons (Fsp3) is 0.500. The summed E-state index contributed by atoms with van der Waals surface area (Å²) < 4.78 is 27.2. The third-order valence-electron chi connectivity index (χ3n) is 7.59. The molecule has 0 aliphatic carbocycles. The maximum absolute atomic E-state index is 13.1. The van der Waals surface area contributed by atoms with E-state index in [4.69, 9.17) is 23.7 Å². The fourth-order valence-electron chi connectivity index (χ4n) is 5.09. The molecular formula is C34H44N4O10. The van der Waals surface area contributed by atoms with E-state index in [-0.39, 0.29) is 43.2 Å². The number of benzene rings is 2. The average Bonchev–Trinajstić information content (AvgIpc) is 3.34. The molecule has 48 heavy (non-hydrogen) atoms. The smallest absolute Gasteiger partial charge is 0.338 e. The van der Waals surface area contributed by atoms with E-state index >= 15 is 0 Å². The van der Waals surface area contributed by atoms with Crippen LogP contribution in [-0.4, -0.2) is 113 Å². The lowest BCUT2D eigenvalue weighted by Crippen LogP contribution is -2.54. The Balaban J connectivity index is 0.976. The number of esters is 1. The zero-order valence-corrected chi connectivity index (χ0v) is 27.3. The number of rotatable bonds is 22. The summed E-state index contributed by atoms with van der Waals surface area (Å²) in [6.45, 7) is 6.44. The number of unbranched alkanes of at least 4 members (excludes halogenated alkanes) is 1. The Morgan fingerprint density at radius 2 is 1.44 bits per heavy atom. The molecule has 3 N–H and O–H groups in total. The van der Waals surface area contributed by atoms with E-state index in [9.17, 15) is 24.0 Å². The average molecular weight is 669 g/mol. The molecule has 2 heterocycles. The summed E-state index contributed by atoms with van der Waals surface area (Å²) in [7, 11) is 0. The molecule has 0 saturated carbocycles. The molecular weight excluding hydrogens is 624 g/mol. The number of hydrogen-bond acceptors (Lipinski definition) is 12. The van der Waals surface area contributed by atoms with Gasteiger partial charge in [-0.05, 0) is 49.2 Å². The van der Waals surface area contributed by atoms with Crippen molar-refractivity contribution in [1.29, 1.82) is 0 Å². The zero-order chi connectivity index (χ0) is 34.1. The molecule has 0 radical (unpaired) electrons. The molecule has 1 unspecified atom stereocenters. The number of nitrogens with one attached hydrogen (secondary N) is 3. The van der Waals surface area contributed by atoms with Gasteiger partial charge in [-0.1, -0.05) is 19.4 Å². The standard InChI is InChI=1S/C34H44N4O10/c1-2-3-13-35-25-9-7-24(8-10-25)34(43)48-23-22-47-21-20-46-19-18-45-17-16-44-15-14-36-27-6-4-5-26-30(27)33(42)38(32(26)41)28-11-12-29(39)37-31(28)40/h4-10,28,35-36H,2-3,11-23H2,1H3,(H,37,39,40). The highest BCUT2D eigenvalue weighted by atomic mass is 16.6. The van der Waals surface area contributed by atoms with Crippen LogP contribution < -0.4 is 16.0 Å². The SMILES string of the molecule is CCCCNc1ccc(C(=O)OCCOCCOCCOCCOCCNc2cccc3c2C(=O)N(C2CCC(=O)NC2=O)C3=O)cc1. The predicted molar refractivity (Wildman–Crippen MR) is 175 cm³/mol. The third-order valence-corrected chi connectivity index (χ3v) is 7.59. The zero-order valence-electron chi connectivity index (χ0n) is 27.3. The van der Waals surface area contributed by atoms with Gasteiger partial charge in [0, 0.05) is 30.9 Å². The van der Waals surface area contributed by atoms with E-state index in [1.807, 2.05) is 12.1 Å². The van der Waals surface area contributed by atoms with E-state index in [1.165, 1.54) is 0 Å². The first-order valence-corrected chi connectivity index (χ1v) is 16.3. The Labute approximate surface area is 279 Å². The minimum atomic E-state index is -1.01. The number of ether oxygens (including phenoxy) is 5. The van der Waals surface area contributed by atoms with Crippen LogP contribution in [0.25, 0.3) is 0 Å². The summed E-state index contributed by atoms with van der Waals surface area (Å²) >= 11 is 0. The number of piperidine rings is 1. The molecule has 4 amide bonds. The monoisotopic (exact) mass is 668 g/mol. The highest BCUT2D eigenvalue weighted by molar-refractivity contribution is 6.25. The van der Waals surface area contributed by atoms with Crippen molar-refractivity contribution >= 4 is 41.0 Å². The lowest BCUT2D eigenvalue weighted by atomic mass is 10.0. The number of nitrogens with zero attached hydrogens (tertiary/aromatic N) is 1. The van der Waals surface area contributed by atoms with Crippen LogP contribution in [0.2, 0.25) is 0 Å². The van der Waals surface area contributed by atoms with Gasteiger partial charge >= 0.3 is 5.97 Å². The van der Waals surface area contributed by atoms with Crippen molar-refractivity contribution in [2.75, 3.05) is 83.2 Å². The molecule has 2 aliphatic heterocycles. The number of carbonyl (C=O) groups excluding carboxylic acids is 5. The summed E-state index contributed by atoms with van der Waals surface area (Å²) in [5.74, 6) is -2.57. The van der Waals surface area contributed by atoms with Crippen LogP contribution in [0.15, 0.2) is 42.5 Å². The molecule has 0 spiro atoms. The first-order valence-electron chi connectivity index (χ1n) is 16.3. The van der Waals surface area contributed by atoms with E-state index in [1.54, 1.807) is 30.3 Å². The molecule has 1 saturated heterocycles. The summed E-state index contributed by atoms with van der Waals surface area (Å²) in [4.78, 5) is 62.9. The van der Waals surface area contributed by atoms with Crippen molar-refractivity contribution in [1.82, 2.24) is 10.2 Å². The summed E-state index contributed by atoms with van der Waals surface area (Å²) in [5.41, 5.74) is 2.36. The fourth-order valence-corrected chi connectivity index (χ4v) is 5.09. The maximum atomic E-state index is 13.1. The van der Waals surface area contributed by atoms with Gasteiger partial charge < -0.3 is 34.3 Å². The Morgan fingerprint density at radius 1 is 0.792 bits per heavy atom. The predicted octanol–water partition coefficient (Wildman–Crippen LogP) is 2.64. The number of carbonyl (C=O) groups is 5. The Bertz CT molecular complexity index is 1400. The van der Waals surface area contributed by atoms with Crippen molar-refractivity contribution in [3.63, 3.8) is 0 Å². The molecule has 1 fully saturated rings. The Kier molecular flexibility index (Phi) is 14.8. The molecule has 0 bridgehead atoms. The summed E-state index contributed by atoms with van der Waals surface area (Å²) in [5, 5.41) is 8.62. The first kappa shape index (κ1) is 36.5. The minimum Gasteiger partial charge on any atom is -0.460 e. The van der Waals surface area contributed by atoms with Gasteiger partial charge in [-0.15, -0.1) is 0 Å². The lowest BCUT2D eigenvalue weighted by Gasteiger charge is -2.27. The molecule has 1 atom stereocenters. The molecule has 2 aromatic carbocycles. The van der Waals surface area contributed by atoms with Crippen molar-refractivity contribution in [3.8, 4) is 0 Å². The van der Waals surface area contributed by atoms with Crippen molar-refractivity contribution < 1.29 is 47.7 Å². The highest BCUT2D eigenvalue weighted by Gasteiger charge is 2.45. The van der Waals surface area contributed by atoms with Crippen LogP contribution in [0.4, 0.5) is 11.4 Å². The van der Waals surface area contributed by atoms with Crippen LogP contribution in [0.5, 0.6) is 0 Å². The minimum absolute atomic E-state index is 0.0635. The Hall–Kier alpha value is -4.37. The summed E-state index contributed by atoms with van der Waals surface area (Å²) in [6.07, 6.45) is 2.38. The number of anilines is 2. The summed E-state index contributed by atoms with van der Waals surface area (Å²) in [6, 6.07) is 11.1. The molecule has 14 nitrogen and oxygen atoms in total. The van der Waals surface area contributed by atoms with Crippen LogP contribution in [0.1, 0.15) is 63.7 Å². The second kappa shape index (κ2) is 19.5. The van der Waals surface area contributed by atoms with Gasteiger partial charge in [-0.2, -0.15) is 0 Å². The van der Waals surface area contributed by atoms with E-state index in [0.717, 1.165) is 30.0 Å². The largest absolute Gasteiger partial charge is 0.460 e. The van der Waals surface area contributed by atoms with Gasteiger partial charge in [0.15, 0.2) is 0 Å². The van der Waals surface area contributed by atoms with Crippen LogP contribution in [0, 0.1) is 0 Å². The van der Waals surface area contributed by atoms with Crippen molar-refractivity contribution in [3.05, 3.63) is 59.2 Å². The number of hydrogen-bond donors (Lipinski definition) is 3. The van der Waals surface area contributed by atoms with Crippen LogP contribution in [0.3, 0.4) is 0 Å². The van der Waals surface area contributed by atoms with Crippen molar-refractivity contribution in [2.24, 2.45) is 0 Å². The second-order valence-electron chi connectivity index (χ2n) is 11.0. The van der Waals surface area contributed by atoms with Crippen LogP contribution >= 0.6 is 0 Å². The van der Waals surface area contributed by atoms with Gasteiger partial charge in [-0.25, -0.2) is 4.79 Å². The van der Waals surface area contributed by atoms with E-state index in [0.29, 0.717) is 64.0 Å². The quantitative estimate of drug-likeness (QED) is 0.0954. The molecule has 2 aromatic rings. The normalized spacial score (nSPS) is 15.8. The first-order chi connectivity index (χ1) is 23.4. The van der Waals surface area contributed by atoms with Gasteiger partial charge in [0.1, 0.15) is 12.6 Å². The van der Waals surface area contributed by atoms with Gasteiger partial charge in [0.05, 0.1) is 69.5 Å². The molecule has 260 valence electrons. The number of imide groups is 2. The highest BCUT2D eigenvalue weighted by Crippen LogP contribution is 2.32. The van der Waals surface area contributed by atoms with E-state index in [2.05, 4.69) is 22.9 Å². The van der Waals surface area contributed by atoms with Crippen molar-refractivity contribution in [2.45, 2.75) is 38.6 Å². The third kappa shape index (κ3) is 10.6. The van der Waals surface area contributed by atoms with Gasteiger partial charge in [0.2, 0.25) is 11.8 Å². The maximum Gasteiger partial charge on any atom is 0.338 e. The number of fused-ring (bicyclic) bond motifs is 1. The topological polar surface area (TPSA) is 171 Å². The van der Waals surface area contributed by atoms with E-state index < -0.39 is 29.7 Å². The lowest BCUT2D eigenvalue weighted by molar-refractivity contribution is -0.136. The van der Waals surface area contributed by atoms with Gasteiger partial charge in [-0.3, -0.25) is 29.4 Å². The molecule has 2 aliphatic rings.